The maximum absolute atomic E-state index is 12.4. The van der Waals surface area contributed by atoms with Crippen LogP contribution in [-0.2, 0) is 0 Å². The fraction of sp³-hybridized carbons (Fsp3) is 0.312. The van der Waals surface area contributed by atoms with Crippen LogP contribution in [0, 0.1) is 6.92 Å². The van der Waals surface area contributed by atoms with Crippen LogP contribution in [0.4, 0.5) is 5.13 Å². The molecule has 1 saturated heterocycles. The number of fused-ring (bicyclic) bond motifs is 1. The van der Waals surface area contributed by atoms with Gasteiger partial charge in [-0.3, -0.25) is 4.79 Å². The lowest BCUT2D eigenvalue weighted by atomic mass is 10.3. The summed E-state index contributed by atoms with van der Waals surface area (Å²) in [4.78, 5) is 21.1. The molecule has 0 unspecified atom stereocenters. The van der Waals surface area contributed by atoms with E-state index in [0.29, 0.717) is 18.8 Å². The molecule has 0 bridgehead atoms. The van der Waals surface area contributed by atoms with Gasteiger partial charge >= 0.3 is 0 Å². The number of benzene rings is 1. The number of rotatable bonds is 2. The number of carbonyl (C=O) groups is 1. The summed E-state index contributed by atoms with van der Waals surface area (Å²) in [6, 6.07) is 9.83. The number of piperazine rings is 1. The lowest BCUT2D eigenvalue weighted by Crippen LogP contribution is -2.48. The lowest BCUT2D eigenvalue weighted by Gasteiger charge is -2.33. The highest BCUT2D eigenvalue weighted by Crippen LogP contribution is 2.29. The summed E-state index contributed by atoms with van der Waals surface area (Å²) >= 11 is 1.70. The first-order chi connectivity index (χ1) is 11.2. The van der Waals surface area contributed by atoms with E-state index in [4.69, 9.17) is 4.52 Å². The molecule has 3 heterocycles. The molecule has 0 saturated carbocycles. The molecule has 0 atom stereocenters. The quantitative estimate of drug-likeness (QED) is 0.723. The molecule has 0 aliphatic carbocycles. The van der Waals surface area contributed by atoms with Crippen molar-refractivity contribution in [3.05, 3.63) is 41.8 Å². The fourth-order valence-electron chi connectivity index (χ4n) is 2.72. The molecule has 2 aromatic heterocycles. The highest BCUT2D eigenvalue weighted by molar-refractivity contribution is 7.22. The van der Waals surface area contributed by atoms with Crippen LogP contribution in [0.1, 0.15) is 16.2 Å². The first kappa shape index (κ1) is 14.2. The van der Waals surface area contributed by atoms with Crippen molar-refractivity contribution in [2.75, 3.05) is 31.1 Å². The highest BCUT2D eigenvalue weighted by atomic mass is 32.1. The zero-order chi connectivity index (χ0) is 15.8. The second-order valence-electron chi connectivity index (χ2n) is 5.58. The van der Waals surface area contributed by atoms with E-state index in [0.717, 1.165) is 29.4 Å². The summed E-state index contributed by atoms with van der Waals surface area (Å²) in [6.45, 7) is 4.69. The Labute approximate surface area is 137 Å². The summed E-state index contributed by atoms with van der Waals surface area (Å²) in [5, 5.41) is 4.80. The predicted molar refractivity (Wildman–Crippen MR) is 89.0 cm³/mol. The van der Waals surface area contributed by atoms with E-state index in [1.807, 2.05) is 30.0 Å². The minimum absolute atomic E-state index is 0.0884. The third-order valence-corrected chi connectivity index (χ3v) is 5.06. The maximum atomic E-state index is 12.4. The van der Waals surface area contributed by atoms with Crippen molar-refractivity contribution < 1.29 is 9.32 Å². The molecule has 3 aromatic rings. The molecule has 1 aliphatic heterocycles. The van der Waals surface area contributed by atoms with Gasteiger partial charge in [-0.15, -0.1) is 0 Å². The molecule has 0 N–H and O–H groups in total. The van der Waals surface area contributed by atoms with E-state index in [1.165, 1.54) is 4.70 Å². The second-order valence-corrected chi connectivity index (χ2v) is 6.59. The Morgan fingerprint density at radius 3 is 2.70 bits per heavy atom. The second kappa shape index (κ2) is 5.66. The van der Waals surface area contributed by atoms with Crippen molar-refractivity contribution in [2.45, 2.75) is 6.92 Å². The zero-order valence-electron chi connectivity index (χ0n) is 12.7. The Morgan fingerprint density at radius 1 is 1.22 bits per heavy atom. The van der Waals surface area contributed by atoms with Crippen molar-refractivity contribution in [1.29, 1.82) is 0 Å². The normalized spacial score (nSPS) is 15.3. The molecular formula is C16H16N4O2S. The molecular weight excluding hydrogens is 312 g/mol. The average Bonchev–Trinajstić information content (AvgIpc) is 3.20. The summed E-state index contributed by atoms with van der Waals surface area (Å²) in [7, 11) is 0. The van der Waals surface area contributed by atoms with Crippen LogP contribution in [-0.4, -0.2) is 47.1 Å². The zero-order valence-corrected chi connectivity index (χ0v) is 13.5. The van der Waals surface area contributed by atoms with Crippen LogP contribution in [0.2, 0.25) is 0 Å². The average molecular weight is 328 g/mol. The number of thiazole rings is 1. The number of amides is 1. The molecule has 1 fully saturated rings. The van der Waals surface area contributed by atoms with E-state index >= 15 is 0 Å². The van der Waals surface area contributed by atoms with Gasteiger partial charge in [0.1, 0.15) is 0 Å². The minimum Gasteiger partial charge on any atom is -0.351 e. The third kappa shape index (κ3) is 2.68. The lowest BCUT2D eigenvalue weighted by molar-refractivity contribution is 0.0704. The summed E-state index contributed by atoms with van der Waals surface area (Å²) in [5.74, 6) is 0.227. The Bertz CT molecular complexity index is 816. The Balaban J connectivity index is 1.45. The van der Waals surface area contributed by atoms with Crippen molar-refractivity contribution in [3.63, 3.8) is 0 Å². The van der Waals surface area contributed by atoms with Crippen molar-refractivity contribution in [2.24, 2.45) is 0 Å². The topological polar surface area (TPSA) is 62.5 Å². The van der Waals surface area contributed by atoms with Crippen LogP contribution in [0.3, 0.4) is 0 Å². The number of nitrogens with zero attached hydrogens (tertiary/aromatic N) is 4. The molecule has 23 heavy (non-hydrogen) atoms. The first-order valence-electron chi connectivity index (χ1n) is 7.54. The SMILES string of the molecule is Cc1cc(C(=O)N2CCN(c3nc4ccccc4s3)CC2)on1. The smallest absolute Gasteiger partial charge is 0.292 e. The van der Waals surface area contributed by atoms with Crippen LogP contribution in [0.5, 0.6) is 0 Å². The maximum Gasteiger partial charge on any atom is 0.292 e. The molecule has 0 radical (unpaired) electrons. The molecule has 1 amide bonds. The minimum atomic E-state index is -0.0884. The molecule has 7 heteroatoms. The largest absolute Gasteiger partial charge is 0.351 e. The number of hydrogen-bond acceptors (Lipinski definition) is 6. The van der Waals surface area contributed by atoms with Gasteiger partial charge in [0.25, 0.3) is 5.91 Å². The van der Waals surface area contributed by atoms with Crippen molar-refractivity contribution >= 4 is 32.6 Å². The molecule has 1 aromatic carbocycles. The van der Waals surface area contributed by atoms with Gasteiger partial charge in [0, 0.05) is 32.2 Å². The number of carbonyl (C=O) groups excluding carboxylic acids is 1. The van der Waals surface area contributed by atoms with E-state index in [-0.39, 0.29) is 5.91 Å². The fourth-order valence-corrected chi connectivity index (χ4v) is 3.73. The van der Waals surface area contributed by atoms with E-state index in [9.17, 15) is 4.79 Å². The van der Waals surface area contributed by atoms with Crippen LogP contribution >= 0.6 is 11.3 Å². The van der Waals surface area contributed by atoms with Crippen LogP contribution in [0.25, 0.3) is 10.2 Å². The van der Waals surface area contributed by atoms with Gasteiger partial charge in [0.15, 0.2) is 5.13 Å². The van der Waals surface area contributed by atoms with Crippen LogP contribution < -0.4 is 4.90 Å². The standard InChI is InChI=1S/C16H16N4O2S/c1-11-10-13(22-18-11)15(21)19-6-8-20(9-7-19)16-17-12-4-2-3-5-14(12)23-16/h2-5,10H,6-9H2,1H3. The Kier molecular flexibility index (Phi) is 3.49. The van der Waals surface area contributed by atoms with E-state index < -0.39 is 0 Å². The van der Waals surface area contributed by atoms with Gasteiger partial charge in [0.05, 0.1) is 15.9 Å². The van der Waals surface area contributed by atoms with Gasteiger partial charge in [-0.2, -0.15) is 0 Å². The third-order valence-electron chi connectivity index (χ3n) is 3.96. The number of anilines is 1. The summed E-state index contributed by atoms with van der Waals surface area (Å²) in [6.07, 6.45) is 0. The van der Waals surface area contributed by atoms with Gasteiger partial charge in [-0.25, -0.2) is 4.98 Å². The van der Waals surface area contributed by atoms with E-state index in [2.05, 4.69) is 21.1 Å². The predicted octanol–water partition coefficient (Wildman–Crippen LogP) is 2.56. The molecule has 1 aliphatic rings. The molecule has 4 rings (SSSR count). The van der Waals surface area contributed by atoms with Crippen molar-refractivity contribution in [3.8, 4) is 0 Å². The van der Waals surface area contributed by atoms with Crippen molar-refractivity contribution in [1.82, 2.24) is 15.0 Å². The number of hydrogen-bond donors (Lipinski definition) is 0. The van der Waals surface area contributed by atoms with Gasteiger partial charge in [-0.05, 0) is 19.1 Å². The van der Waals surface area contributed by atoms with Gasteiger partial charge < -0.3 is 14.3 Å². The Hall–Kier alpha value is -2.41. The monoisotopic (exact) mass is 328 g/mol. The summed E-state index contributed by atoms with van der Waals surface area (Å²) in [5.41, 5.74) is 1.75. The van der Waals surface area contributed by atoms with Gasteiger partial charge in [-0.1, -0.05) is 28.6 Å². The number of aromatic nitrogens is 2. The summed E-state index contributed by atoms with van der Waals surface area (Å²) < 4.78 is 6.26. The molecule has 6 nitrogen and oxygen atoms in total. The van der Waals surface area contributed by atoms with Gasteiger partial charge in [0.2, 0.25) is 5.76 Å². The number of aryl methyl sites for hydroxylation is 1. The Morgan fingerprint density at radius 2 is 2.00 bits per heavy atom. The van der Waals surface area contributed by atoms with E-state index in [1.54, 1.807) is 17.4 Å². The first-order valence-corrected chi connectivity index (χ1v) is 8.35. The molecule has 0 spiro atoms. The number of para-hydroxylation sites is 1. The van der Waals surface area contributed by atoms with Crippen LogP contribution in [0.15, 0.2) is 34.9 Å². The highest BCUT2D eigenvalue weighted by Gasteiger charge is 2.25. The molecule has 118 valence electrons.